The van der Waals surface area contributed by atoms with E-state index in [1.165, 1.54) is 11.3 Å². The average molecular weight is 215 g/mol. The first-order chi connectivity index (χ1) is 6.00. The maximum atomic E-state index is 10.9. The van der Waals surface area contributed by atoms with E-state index in [2.05, 4.69) is 17.5 Å². The zero-order valence-corrected chi connectivity index (χ0v) is 8.59. The van der Waals surface area contributed by atoms with Crippen LogP contribution in [0, 0.1) is 6.92 Å². The summed E-state index contributed by atoms with van der Waals surface area (Å²) in [6.45, 7) is 1.88. The van der Waals surface area contributed by atoms with Gasteiger partial charge in [0.15, 0.2) is 5.11 Å². The van der Waals surface area contributed by atoms with Crippen LogP contribution in [0.25, 0.3) is 0 Å². The van der Waals surface area contributed by atoms with Gasteiger partial charge in [0, 0.05) is 4.88 Å². The summed E-state index contributed by atoms with van der Waals surface area (Å²) in [7, 11) is 0. The van der Waals surface area contributed by atoms with Gasteiger partial charge < -0.3 is 16.8 Å². The van der Waals surface area contributed by atoms with Gasteiger partial charge in [-0.1, -0.05) is 0 Å². The molecule has 70 valence electrons. The summed E-state index contributed by atoms with van der Waals surface area (Å²) >= 11 is 6.05. The Morgan fingerprint density at radius 1 is 1.62 bits per heavy atom. The van der Waals surface area contributed by atoms with Crippen LogP contribution in [0.15, 0.2) is 6.07 Å². The van der Waals surface area contributed by atoms with Gasteiger partial charge in [0.25, 0.3) is 5.91 Å². The summed E-state index contributed by atoms with van der Waals surface area (Å²) in [5.74, 6) is -0.483. The van der Waals surface area contributed by atoms with Gasteiger partial charge in [-0.05, 0) is 25.2 Å². The van der Waals surface area contributed by atoms with Gasteiger partial charge >= 0.3 is 0 Å². The molecule has 0 atom stereocenters. The van der Waals surface area contributed by atoms with Crippen molar-refractivity contribution in [1.29, 1.82) is 0 Å². The summed E-state index contributed by atoms with van der Waals surface area (Å²) in [5, 5.41) is 3.44. The molecule has 0 aromatic carbocycles. The average Bonchev–Trinajstić information content (AvgIpc) is 2.29. The van der Waals surface area contributed by atoms with Crippen LogP contribution in [0.2, 0.25) is 0 Å². The lowest BCUT2D eigenvalue weighted by atomic mass is 10.3. The number of rotatable bonds is 2. The Bertz CT molecular complexity index is 359. The minimum absolute atomic E-state index is 0.129. The normalized spacial score (nSPS) is 9.62. The second kappa shape index (κ2) is 3.71. The van der Waals surface area contributed by atoms with Gasteiger partial charge in [-0.15, -0.1) is 11.3 Å². The number of aryl methyl sites for hydroxylation is 1. The van der Waals surface area contributed by atoms with E-state index in [4.69, 9.17) is 11.5 Å². The molecule has 1 rings (SSSR count). The van der Waals surface area contributed by atoms with Crippen LogP contribution in [0.3, 0.4) is 0 Å². The zero-order chi connectivity index (χ0) is 10.0. The van der Waals surface area contributed by atoms with E-state index in [9.17, 15) is 4.79 Å². The van der Waals surface area contributed by atoms with Gasteiger partial charge in [-0.25, -0.2) is 0 Å². The topological polar surface area (TPSA) is 81.1 Å². The van der Waals surface area contributed by atoms with E-state index in [1.807, 2.05) is 6.92 Å². The molecule has 0 bridgehead atoms. The highest BCUT2D eigenvalue weighted by atomic mass is 32.1. The minimum Gasteiger partial charge on any atom is -0.376 e. The Hall–Kier alpha value is -1.14. The number of nitrogens with one attached hydrogen (secondary N) is 1. The number of carbonyl (C=O) groups excluding carboxylic acids is 1. The number of thiophene rings is 1. The van der Waals surface area contributed by atoms with E-state index in [0.717, 1.165) is 4.88 Å². The smallest absolute Gasteiger partial charge is 0.251 e. The zero-order valence-electron chi connectivity index (χ0n) is 6.96. The van der Waals surface area contributed by atoms with Crippen molar-refractivity contribution >= 4 is 39.6 Å². The highest BCUT2D eigenvalue weighted by molar-refractivity contribution is 7.80. The summed E-state index contributed by atoms with van der Waals surface area (Å²) in [6, 6.07) is 1.70. The largest absolute Gasteiger partial charge is 0.376 e. The predicted octanol–water partition coefficient (Wildman–Crippen LogP) is 0.811. The van der Waals surface area contributed by atoms with Crippen molar-refractivity contribution in [1.82, 2.24) is 0 Å². The molecule has 0 aliphatic rings. The number of thiocarbonyl (C=S) groups is 1. The first kappa shape index (κ1) is 9.94. The number of hydrogen-bond donors (Lipinski definition) is 3. The van der Waals surface area contributed by atoms with Crippen molar-refractivity contribution in [3.05, 3.63) is 16.5 Å². The minimum atomic E-state index is -0.483. The Kier molecular flexibility index (Phi) is 2.84. The maximum Gasteiger partial charge on any atom is 0.251 e. The lowest BCUT2D eigenvalue weighted by molar-refractivity contribution is 0.100. The molecular weight excluding hydrogens is 206 g/mol. The van der Waals surface area contributed by atoms with Crippen molar-refractivity contribution in [3.8, 4) is 0 Å². The van der Waals surface area contributed by atoms with Crippen LogP contribution in [0.4, 0.5) is 5.00 Å². The molecule has 0 fully saturated rings. The van der Waals surface area contributed by atoms with Crippen LogP contribution in [-0.4, -0.2) is 11.0 Å². The highest BCUT2D eigenvalue weighted by Crippen LogP contribution is 2.26. The van der Waals surface area contributed by atoms with E-state index >= 15 is 0 Å². The molecule has 4 nitrogen and oxygen atoms in total. The van der Waals surface area contributed by atoms with Crippen LogP contribution < -0.4 is 16.8 Å². The Labute approximate surface area is 84.9 Å². The molecule has 5 N–H and O–H groups in total. The first-order valence-electron chi connectivity index (χ1n) is 3.47. The quantitative estimate of drug-likeness (QED) is 0.638. The fraction of sp³-hybridized carbons (Fsp3) is 0.143. The molecule has 0 aliphatic heterocycles. The lowest BCUT2D eigenvalue weighted by Gasteiger charge is -2.01. The lowest BCUT2D eigenvalue weighted by Crippen LogP contribution is -2.20. The molecule has 0 aliphatic carbocycles. The van der Waals surface area contributed by atoms with E-state index in [1.54, 1.807) is 6.07 Å². The SMILES string of the molecule is Cc1cc(C(N)=O)c(NC(N)=S)s1. The molecule has 0 radical (unpaired) electrons. The number of amides is 1. The van der Waals surface area contributed by atoms with Gasteiger partial charge in [0.1, 0.15) is 5.00 Å². The van der Waals surface area contributed by atoms with Crippen molar-refractivity contribution in [2.45, 2.75) is 6.92 Å². The molecule has 0 spiro atoms. The Balaban J connectivity index is 3.04. The van der Waals surface area contributed by atoms with Crippen LogP contribution in [-0.2, 0) is 0 Å². The molecule has 1 aromatic heterocycles. The van der Waals surface area contributed by atoms with Crippen molar-refractivity contribution in [2.75, 3.05) is 5.32 Å². The monoisotopic (exact) mass is 215 g/mol. The van der Waals surface area contributed by atoms with Gasteiger partial charge in [-0.2, -0.15) is 0 Å². The van der Waals surface area contributed by atoms with Crippen LogP contribution in [0.1, 0.15) is 15.2 Å². The second-order valence-corrected chi connectivity index (χ2v) is 4.15. The summed E-state index contributed by atoms with van der Waals surface area (Å²) < 4.78 is 0. The number of hydrogen-bond acceptors (Lipinski definition) is 3. The third-order valence-electron chi connectivity index (χ3n) is 1.36. The molecular formula is C7H9N3OS2. The number of anilines is 1. The predicted molar refractivity (Wildman–Crippen MR) is 58.0 cm³/mol. The van der Waals surface area contributed by atoms with Crippen LogP contribution in [0.5, 0.6) is 0 Å². The van der Waals surface area contributed by atoms with Crippen molar-refractivity contribution < 1.29 is 4.79 Å². The van der Waals surface area contributed by atoms with E-state index in [0.29, 0.717) is 10.6 Å². The Morgan fingerprint density at radius 3 is 2.69 bits per heavy atom. The van der Waals surface area contributed by atoms with E-state index < -0.39 is 5.91 Å². The summed E-state index contributed by atoms with van der Waals surface area (Å²) in [4.78, 5) is 11.9. The fourth-order valence-electron chi connectivity index (χ4n) is 0.902. The highest BCUT2D eigenvalue weighted by Gasteiger charge is 2.11. The number of carbonyl (C=O) groups is 1. The third kappa shape index (κ3) is 2.40. The third-order valence-corrected chi connectivity index (χ3v) is 2.43. The standard InChI is InChI=1S/C7H9N3OS2/c1-3-2-4(5(8)11)6(13-3)10-7(9)12/h2H,1H3,(H2,8,11)(H3,9,10,12). The van der Waals surface area contributed by atoms with E-state index in [-0.39, 0.29) is 5.11 Å². The van der Waals surface area contributed by atoms with Crippen LogP contribution >= 0.6 is 23.6 Å². The van der Waals surface area contributed by atoms with Crippen molar-refractivity contribution in [2.24, 2.45) is 11.5 Å². The molecule has 1 amide bonds. The number of primary amides is 1. The molecule has 1 heterocycles. The molecule has 13 heavy (non-hydrogen) atoms. The molecule has 0 saturated carbocycles. The first-order valence-corrected chi connectivity index (χ1v) is 4.70. The second-order valence-electron chi connectivity index (χ2n) is 2.45. The molecule has 1 aromatic rings. The number of nitrogens with two attached hydrogens (primary N) is 2. The fourth-order valence-corrected chi connectivity index (χ4v) is 2.00. The maximum absolute atomic E-state index is 10.9. The van der Waals surface area contributed by atoms with Crippen molar-refractivity contribution in [3.63, 3.8) is 0 Å². The summed E-state index contributed by atoms with van der Waals surface area (Å²) in [6.07, 6.45) is 0. The molecule has 0 saturated heterocycles. The molecule has 0 unspecified atom stereocenters. The van der Waals surface area contributed by atoms with Gasteiger partial charge in [0.2, 0.25) is 0 Å². The summed E-state index contributed by atoms with van der Waals surface area (Å²) in [5.41, 5.74) is 10.9. The van der Waals surface area contributed by atoms with Gasteiger partial charge in [-0.3, -0.25) is 4.79 Å². The molecule has 6 heteroatoms. The Morgan fingerprint density at radius 2 is 2.23 bits per heavy atom. The van der Waals surface area contributed by atoms with Gasteiger partial charge in [0.05, 0.1) is 5.56 Å².